The average molecular weight is 218 g/mol. The second-order valence-corrected chi connectivity index (χ2v) is 5.24. The largest absolute Gasteiger partial charge is 0.318 e. The van der Waals surface area contributed by atoms with Gasteiger partial charge >= 0.3 is 0 Å². The molecule has 0 spiro atoms. The molecule has 0 radical (unpaired) electrons. The van der Waals surface area contributed by atoms with Gasteiger partial charge in [0.25, 0.3) is 0 Å². The third-order valence-corrected chi connectivity index (χ3v) is 4.07. The Bertz CT molecular complexity index is 528. The highest BCUT2D eigenvalue weighted by Crippen LogP contribution is 2.26. The maximum Gasteiger partial charge on any atom is 0.111 e. The van der Waals surface area contributed by atoms with Crippen LogP contribution in [0.2, 0.25) is 0 Å². The lowest BCUT2D eigenvalue weighted by Gasteiger charge is -2.13. The highest BCUT2D eigenvalue weighted by atomic mass is 32.2. The fraction of sp³-hybridized carbons (Fsp3) is 0.417. The van der Waals surface area contributed by atoms with Gasteiger partial charge in [0.05, 0.1) is 16.9 Å². The normalized spacial score (nSPS) is 15.6. The van der Waals surface area contributed by atoms with Crippen molar-refractivity contribution in [2.75, 3.05) is 5.75 Å². The van der Waals surface area contributed by atoms with E-state index in [1.807, 2.05) is 11.8 Å². The van der Waals surface area contributed by atoms with E-state index in [2.05, 4.69) is 30.5 Å². The molecule has 1 aromatic heterocycles. The number of hydrogen-bond acceptors (Lipinski definition) is 2. The quantitative estimate of drug-likeness (QED) is 0.676. The number of benzene rings is 1. The molecule has 0 amide bonds. The molecule has 0 atom stereocenters. The first-order valence-electron chi connectivity index (χ1n) is 5.30. The van der Waals surface area contributed by atoms with Crippen LogP contribution in [-0.4, -0.2) is 15.3 Å². The van der Waals surface area contributed by atoms with Gasteiger partial charge < -0.3 is 4.57 Å². The molecule has 15 heavy (non-hydrogen) atoms. The standard InChI is InChI=1S/C12H14N2S/c1-8-5-10-11(6-9(8)2)14-7-15-4-3-12(14)13-10/h5-6H,3-4,7H2,1-2H3. The van der Waals surface area contributed by atoms with Crippen LogP contribution in [0.15, 0.2) is 12.1 Å². The number of aryl methyl sites for hydroxylation is 3. The highest BCUT2D eigenvalue weighted by molar-refractivity contribution is 7.98. The summed E-state index contributed by atoms with van der Waals surface area (Å²) in [5, 5.41) is 0. The summed E-state index contributed by atoms with van der Waals surface area (Å²) in [6.45, 7) is 4.33. The van der Waals surface area contributed by atoms with Crippen LogP contribution < -0.4 is 0 Å². The molecular weight excluding hydrogens is 204 g/mol. The number of thioether (sulfide) groups is 1. The second-order valence-electron chi connectivity index (χ2n) is 4.17. The third-order valence-electron chi connectivity index (χ3n) is 3.13. The topological polar surface area (TPSA) is 17.8 Å². The van der Waals surface area contributed by atoms with Crippen LogP contribution in [0.3, 0.4) is 0 Å². The summed E-state index contributed by atoms with van der Waals surface area (Å²) in [7, 11) is 0. The van der Waals surface area contributed by atoms with Gasteiger partial charge in [-0.15, -0.1) is 11.8 Å². The van der Waals surface area contributed by atoms with Crippen LogP contribution in [0.4, 0.5) is 0 Å². The van der Waals surface area contributed by atoms with E-state index in [0.29, 0.717) is 0 Å². The lowest BCUT2D eigenvalue weighted by molar-refractivity contribution is 0.795. The summed E-state index contributed by atoms with van der Waals surface area (Å²) in [5.41, 5.74) is 5.17. The van der Waals surface area contributed by atoms with Crippen molar-refractivity contribution in [2.45, 2.75) is 26.1 Å². The van der Waals surface area contributed by atoms with Gasteiger partial charge in [-0.05, 0) is 37.1 Å². The van der Waals surface area contributed by atoms with Crippen molar-refractivity contribution in [3.63, 3.8) is 0 Å². The Balaban J connectivity index is 2.33. The van der Waals surface area contributed by atoms with Gasteiger partial charge in [-0.25, -0.2) is 4.98 Å². The van der Waals surface area contributed by atoms with Gasteiger partial charge in [0, 0.05) is 12.2 Å². The molecule has 0 bridgehead atoms. The first kappa shape index (κ1) is 9.28. The monoisotopic (exact) mass is 218 g/mol. The van der Waals surface area contributed by atoms with E-state index in [1.54, 1.807) is 0 Å². The maximum absolute atomic E-state index is 4.70. The summed E-state index contributed by atoms with van der Waals surface area (Å²) >= 11 is 1.99. The van der Waals surface area contributed by atoms with Gasteiger partial charge in [-0.3, -0.25) is 0 Å². The van der Waals surface area contributed by atoms with Gasteiger partial charge in [-0.1, -0.05) is 0 Å². The Hall–Kier alpha value is -0.960. The average Bonchev–Trinajstić information content (AvgIpc) is 2.57. The molecule has 3 heteroatoms. The minimum atomic E-state index is 1.06. The van der Waals surface area contributed by atoms with E-state index in [-0.39, 0.29) is 0 Å². The number of hydrogen-bond donors (Lipinski definition) is 0. The molecule has 0 saturated carbocycles. The first-order chi connectivity index (χ1) is 7.25. The molecular formula is C12H14N2S. The molecule has 78 valence electrons. The van der Waals surface area contributed by atoms with E-state index in [0.717, 1.165) is 17.8 Å². The summed E-state index contributed by atoms with van der Waals surface area (Å²) in [5.74, 6) is 3.53. The van der Waals surface area contributed by atoms with Gasteiger partial charge in [0.2, 0.25) is 0 Å². The minimum Gasteiger partial charge on any atom is -0.318 e. The Morgan fingerprint density at radius 1 is 1.27 bits per heavy atom. The van der Waals surface area contributed by atoms with Crippen molar-refractivity contribution < 1.29 is 0 Å². The van der Waals surface area contributed by atoms with E-state index in [4.69, 9.17) is 4.98 Å². The molecule has 0 unspecified atom stereocenters. The fourth-order valence-electron chi connectivity index (χ4n) is 2.08. The van der Waals surface area contributed by atoms with E-state index >= 15 is 0 Å². The molecule has 0 aliphatic carbocycles. The summed E-state index contributed by atoms with van der Waals surface area (Å²) in [6, 6.07) is 4.48. The zero-order valence-corrected chi connectivity index (χ0v) is 9.90. The van der Waals surface area contributed by atoms with Crippen LogP contribution in [0.25, 0.3) is 11.0 Å². The molecule has 0 fully saturated rings. The van der Waals surface area contributed by atoms with Crippen molar-refractivity contribution in [3.05, 3.63) is 29.1 Å². The molecule has 0 saturated heterocycles. The van der Waals surface area contributed by atoms with Crippen molar-refractivity contribution >= 4 is 22.8 Å². The summed E-state index contributed by atoms with van der Waals surface area (Å²) < 4.78 is 2.36. The molecule has 2 heterocycles. The molecule has 2 nitrogen and oxygen atoms in total. The van der Waals surface area contributed by atoms with E-state index in [1.165, 1.54) is 28.2 Å². The molecule has 1 aromatic carbocycles. The molecule has 1 aliphatic rings. The molecule has 3 rings (SSSR count). The fourth-order valence-corrected chi connectivity index (χ4v) is 3.01. The Morgan fingerprint density at radius 2 is 2.07 bits per heavy atom. The predicted octanol–water partition coefficient (Wildman–Crippen LogP) is 2.90. The predicted molar refractivity (Wildman–Crippen MR) is 65.4 cm³/mol. The van der Waals surface area contributed by atoms with Crippen molar-refractivity contribution in [1.82, 2.24) is 9.55 Å². The Morgan fingerprint density at radius 3 is 2.93 bits per heavy atom. The number of fused-ring (bicyclic) bond motifs is 3. The smallest absolute Gasteiger partial charge is 0.111 e. The van der Waals surface area contributed by atoms with Crippen molar-refractivity contribution in [1.29, 1.82) is 0 Å². The van der Waals surface area contributed by atoms with Crippen molar-refractivity contribution in [3.8, 4) is 0 Å². The van der Waals surface area contributed by atoms with Crippen molar-refractivity contribution in [2.24, 2.45) is 0 Å². The Kier molecular flexibility index (Phi) is 2.02. The SMILES string of the molecule is Cc1cc2nc3n(c2cc1C)CSCC3. The number of imidazole rings is 1. The molecule has 0 N–H and O–H groups in total. The first-order valence-corrected chi connectivity index (χ1v) is 6.45. The number of nitrogens with zero attached hydrogens (tertiary/aromatic N) is 2. The van der Waals surface area contributed by atoms with Gasteiger partial charge in [-0.2, -0.15) is 0 Å². The number of rotatable bonds is 0. The van der Waals surface area contributed by atoms with Crippen LogP contribution in [0.1, 0.15) is 17.0 Å². The maximum atomic E-state index is 4.70. The van der Waals surface area contributed by atoms with E-state index in [9.17, 15) is 0 Å². The van der Waals surface area contributed by atoms with Crippen LogP contribution in [0, 0.1) is 13.8 Å². The van der Waals surface area contributed by atoms with E-state index < -0.39 is 0 Å². The summed E-state index contributed by atoms with van der Waals surface area (Å²) in [6.07, 6.45) is 1.11. The number of aromatic nitrogens is 2. The lowest BCUT2D eigenvalue weighted by atomic mass is 10.1. The highest BCUT2D eigenvalue weighted by Gasteiger charge is 2.14. The molecule has 2 aromatic rings. The van der Waals surface area contributed by atoms with Gasteiger partial charge in [0.1, 0.15) is 5.82 Å². The zero-order chi connectivity index (χ0) is 10.4. The molecule has 1 aliphatic heterocycles. The zero-order valence-electron chi connectivity index (χ0n) is 9.08. The third kappa shape index (κ3) is 1.37. The van der Waals surface area contributed by atoms with Gasteiger partial charge in [0.15, 0.2) is 0 Å². The Labute approximate surface area is 93.7 Å². The second kappa shape index (κ2) is 3.27. The minimum absolute atomic E-state index is 1.06. The summed E-state index contributed by atoms with van der Waals surface area (Å²) in [4.78, 5) is 4.70. The lowest BCUT2D eigenvalue weighted by Crippen LogP contribution is -2.09. The van der Waals surface area contributed by atoms with Crippen LogP contribution in [-0.2, 0) is 12.3 Å². The van der Waals surface area contributed by atoms with Crippen LogP contribution >= 0.6 is 11.8 Å². The van der Waals surface area contributed by atoms with Crippen LogP contribution in [0.5, 0.6) is 0 Å².